The summed E-state index contributed by atoms with van der Waals surface area (Å²) in [5, 5.41) is 0.959. The molecule has 0 fully saturated rings. The number of halogens is 2. The highest BCUT2D eigenvalue weighted by molar-refractivity contribution is 5.84. The first-order valence-corrected chi connectivity index (χ1v) is 6.40. The Morgan fingerprint density at radius 2 is 1.58 bits per heavy atom. The van der Waals surface area contributed by atoms with Crippen LogP contribution in [0, 0.1) is 6.92 Å². The molecule has 0 saturated carbocycles. The van der Waals surface area contributed by atoms with E-state index in [4.69, 9.17) is 0 Å². The molecule has 19 heavy (non-hydrogen) atoms. The Morgan fingerprint density at radius 1 is 0.947 bits per heavy atom. The van der Waals surface area contributed by atoms with Gasteiger partial charge in [0.1, 0.15) is 5.69 Å². The number of fused-ring (bicyclic) bond motifs is 1. The van der Waals surface area contributed by atoms with E-state index in [-0.39, 0.29) is 11.1 Å². The molecular weight excluding hydrogens is 244 g/mol. The van der Waals surface area contributed by atoms with E-state index in [0.717, 1.165) is 17.9 Å². The largest absolute Gasteiger partial charge is 0.286 e. The molecule has 1 aromatic carbocycles. The fraction of sp³-hybridized carbons (Fsp3) is 0.438. The molecule has 0 bridgehead atoms. The smallest absolute Gasteiger partial charge is 0.247 e. The van der Waals surface area contributed by atoms with Gasteiger partial charge in [0, 0.05) is 12.3 Å². The van der Waals surface area contributed by atoms with Crippen molar-refractivity contribution in [2.24, 2.45) is 0 Å². The van der Waals surface area contributed by atoms with Crippen molar-refractivity contribution in [3.8, 4) is 0 Å². The van der Waals surface area contributed by atoms with Crippen molar-refractivity contribution in [3.05, 3.63) is 41.1 Å². The van der Waals surface area contributed by atoms with Gasteiger partial charge in [-0.3, -0.25) is 0 Å². The van der Waals surface area contributed by atoms with Crippen molar-refractivity contribution in [2.75, 3.05) is 0 Å². The van der Waals surface area contributed by atoms with E-state index in [1.165, 1.54) is 11.6 Å². The molecule has 102 valence electrons. The van der Waals surface area contributed by atoms with E-state index in [1.807, 2.05) is 19.1 Å². The Kier molecular flexibility index (Phi) is 3.12. The Morgan fingerprint density at radius 3 is 2.11 bits per heavy atom. The first-order chi connectivity index (χ1) is 8.60. The Balaban J connectivity index is 2.76. The van der Waals surface area contributed by atoms with Crippen LogP contribution < -0.4 is 0 Å². The molecule has 0 amide bonds. The third-order valence-corrected chi connectivity index (χ3v) is 3.28. The monoisotopic (exact) mass is 263 g/mol. The van der Waals surface area contributed by atoms with E-state index in [1.54, 1.807) is 6.07 Å². The van der Waals surface area contributed by atoms with Gasteiger partial charge in [-0.1, -0.05) is 32.9 Å². The second kappa shape index (κ2) is 4.26. The summed E-state index contributed by atoms with van der Waals surface area (Å²) >= 11 is 0. The van der Waals surface area contributed by atoms with Gasteiger partial charge < -0.3 is 0 Å². The number of benzene rings is 1. The summed E-state index contributed by atoms with van der Waals surface area (Å²) in [4.78, 5) is 4.11. The summed E-state index contributed by atoms with van der Waals surface area (Å²) in [6.45, 7) is 9.29. The number of aromatic nitrogens is 1. The third-order valence-electron chi connectivity index (χ3n) is 3.28. The van der Waals surface area contributed by atoms with Crippen molar-refractivity contribution < 1.29 is 8.78 Å². The zero-order valence-corrected chi connectivity index (χ0v) is 12.0. The average molecular weight is 263 g/mol. The highest BCUT2D eigenvalue weighted by Crippen LogP contribution is 2.34. The van der Waals surface area contributed by atoms with Crippen molar-refractivity contribution in [2.45, 2.75) is 46.0 Å². The summed E-state index contributed by atoms with van der Waals surface area (Å²) in [6.07, 6.45) is 0. The van der Waals surface area contributed by atoms with Crippen molar-refractivity contribution >= 4 is 10.9 Å². The maximum atomic E-state index is 13.3. The summed E-state index contributed by atoms with van der Waals surface area (Å²) in [7, 11) is 0. The van der Waals surface area contributed by atoms with Crippen LogP contribution in [-0.4, -0.2) is 4.98 Å². The summed E-state index contributed by atoms with van der Waals surface area (Å²) in [6, 6.07) is 6.96. The zero-order valence-electron chi connectivity index (χ0n) is 12.0. The van der Waals surface area contributed by atoms with Crippen LogP contribution in [0.5, 0.6) is 0 Å². The van der Waals surface area contributed by atoms with Gasteiger partial charge in [0.15, 0.2) is 0 Å². The normalized spacial score (nSPS) is 13.0. The van der Waals surface area contributed by atoms with Gasteiger partial charge in [-0.15, -0.1) is 0 Å². The molecule has 2 aromatic rings. The van der Waals surface area contributed by atoms with Gasteiger partial charge in [-0.25, -0.2) is 4.98 Å². The molecular formula is C16H19F2N. The van der Waals surface area contributed by atoms with Gasteiger partial charge in [-0.2, -0.15) is 8.78 Å². The van der Waals surface area contributed by atoms with Crippen LogP contribution in [0.2, 0.25) is 0 Å². The predicted molar refractivity (Wildman–Crippen MR) is 74.7 cm³/mol. The topological polar surface area (TPSA) is 12.9 Å². The van der Waals surface area contributed by atoms with Gasteiger partial charge in [0.25, 0.3) is 5.92 Å². The van der Waals surface area contributed by atoms with E-state index in [0.29, 0.717) is 5.52 Å². The Bertz CT molecular complexity index is 619. The van der Waals surface area contributed by atoms with E-state index in [9.17, 15) is 8.78 Å². The van der Waals surface area contributed by atoms with Gasteiger partial charge in [0.05, 0.1) is 5.52 Å². The molecule has 2 rings (SSSR count). The number of hydrogen-bond donors (Lipinski definition) is 0. The Hall–Kier alpha value is -1.51. The maximum absolute atomic E-state index is 13.3. The van der Waals surface area contributed by atoms with Crippen molar-refractivity contribution in [1.29, 1.82) is 0 Å². The lowest BCUT2D eigenvalue weighted by atomic mass is 9.81. The highest BCUT2D eigenvalue weighted by Gasteiger charge is 2.27. The number of hydrogen-bond acceptors (Lipinski definition) is 1. The van der Waals surface area contributed by atoms with Crippen LogP contribution >= 0.6 is 0 Å². The van der Waals surface area contributed by atoms with Gasteiger partial charge >= 0.3 is 0 Å². The first-order valence-electron chi connectivity index (χ1n) is 6.40. The molecule has 0 aliphatic carbocycles. The van der Waals surface area contributed by atoms with Crippen molar-refractivity contribution in [1.82, 2.24) is 4.98 Å². The minimum Gasteiger partial charge on any atom is -0.247 e. The summed E-state index contributed by atoms with van der Waals surface area (Å²) in [5.74, 6) is -2.90. The molecule has 1 nitrogen and oxygen atoms in total. The number of rotatable bonds is 1. The fourth-order valence-corrected chi connectivity index (χ4v) is 2.55. The lowest BCUT2D eigenvalue weighted by molar-refractivity contribution is 0.0131. The number of aryl methyl sites for hydroxylation is 1. The molecule has 1 heterocycles. The van der Waals surface area contributed by atoms with Crippen molar-refractivity contribution in [3.63, 3.8) is 0 Å². The van der Waals surface area contributed by atoms with Crippen LogP contribution in [0.4, 0.5) is 8.78 Å². The van der Waals surface area contributed by atoms with Gasteiger partial charge in [0.2, 0.25) is 0 Å². The van der Waals surface area contributed by atoms with Crippen LogP contribution in [0.3, 0.4) is 0 Å². The van der Waals surface area contributed by atoms with Crippen LogP contribution in [0.15, 0.2) is 24.3 Å². The molecule has 0 radical (unpaired) electrons. The van der Waals surface area contributed by atoms with E-state index >= 15 is 0 Å². The predicted octanol–water partition coefficient (Wildman–Crippen LogP) is 4.95. The summed E-state index contributed by atoms with van der Waals surface area (Å²) < 4.78 is 26.7. The zero-order chi connectivity index (χ0) is 14.4. The summed E-state index contributed by atoms with van der Waals surface area (Å²) in [5.41, 5.74) is 2.75. The minimum atomic E-state index is -2.90. The highest BCUT2D eigenvalue weighted by atomic mass is 19.3. The quantitative estimate of drug-likeness (QED) is 0.709. The molecule has 0 aliphatic rings. The first kappa shape index (κ1) is 13.9. The van der Waals surface area contributed by atoms with Crippen LogP contribution in [-0.2, 0) is 11.3 Å². The fourth-order valence-electron chi connectivity index (χ4n) is 2.55. The van der Waals surface area contributed by atoms with E-state index in [2.05, 4.69) is 25.8 Å². The van der Waals surface area contributed by atoms with E-state index < -0.39 is 5.92 Å². The second-order valence-corrected chi connectivity index (χ2v) is 6.16. The third kappa shape index (κ3) is 2.60. The molecule has 0 atom stereocenters. The lowest BCUT2D eigenvalue weighted by Crippen LogP contribution is -2.15. The molecule has 0 spiro atoms. The molecule has 3 heteroatoms. The SMILES string of the molecule is Cc1ccc2nc(C(C)(F)F)ccc2c1C(C)(C)C. The Labute approximate surface area is 112 Å². The molecule has 0 saturated heterocycles. The number of alkyl halides is 2. The van der Waals surface area contributed by atoms with Gasteiger partial charge in [-0.05, 0) is 35.6 Å². The maximum Gasteiger partial charge on any atom is 0.286 e. The average Bonchev–Trinajstić information content (AvgIpc) is 2.25. The van der Waals surface area contributed by atoms with Crippen LogP contribution in [0.1, 0.15) is 44.5 Å². The molecule has 0 aliphatic heterocycles. The number of nitrogens with zero attached hydrogens (tertiary/aromatic N) is 1. The standard InChI is InChI=1S/C16H19F2N/c1-10-6-8-12-11(14(10)15(2,3)4)7-9-13(19-12)16(5,17)18/h6-9H,1-5H3. The lowest BCUT2D eigenvalue weighted by Gasteiger charge is -2.24. The molecule has 1 aromatic heterocycles. The molecule has 0 N–H and O–H groups in total. The molecule has 0 unspecified atom stereocenters. The van der Waals surface area contributed by atoms with Crippen LogP contribution in [0.25, 0.3) is 10.9 Å². The number of pyridine rings is 1. The second-order valence-electron chi connectivity index (χ2n) is 6.16. The minimum absolute atomic E-state index is 0.0402.